The van der Waals surface area contributed by atoms with E-state index in [1.165, 1.54) is 36.4 Å². The van der Waals surface area contributed by atoms with Gasteiger partial charge >= 0.3 is 6.18 Å². The fourth-order valence-electron chi connectivity index (χ4n) is 2.44. The van der Waals surface area contributed by atoms with Gasteiger partial charge in [0, 0.05) is 19.0 Å². The molecule has 3 rings (SSSR count). The minimum Gasteiger partial charge on any atom is -0.490 e. The maximum atomic E-state index is 12.5. The van der Waals surface area contributed by atoms with Crippen molar-refractivity contribution in [1.29, 1.82) is 0 Å². The van der Waals surface area contributed by atoms with Gasteiger partial charge in [0.2, 0.25) is 10.0 Å². The zero-order chi connectivity index (χ0) is 20.2. The van der Waals surface area contributed by atoms with E-state index in [9.17, 15) is 21.6 Å². The number of hydrogen-bond donors (Lipinski definition) is 1. The van der Waals surface area contributed by atoms with Crippen LogP contribution in [0, 0.1) is 0 Å². The number of halogens is 3. The molecule has 0 amide bonds. The van der Waals surface area contributed by atoms with Crippen LogP contribution >= 0.6 is 0 Å². The minimum absolute atomic E-state index is 0.0295. The summed E-state index contributed by atoms with van der Waals surface area (Å²) < 4.78 is 79.5. The van der Waals surface area contributed by atoms with Crippen LogP contribution in [0.15, 0.2) is 47.4 Å². The van der Waals surface area contributed by atoms with Crippen molar-refractivity contribution in [2.75, 3.05) is 19.8 Å². The summed E-state index contributed by atoms with van der Waals surface area (Å²) in [6, 6.07) is 10.0. The van der Waals surface area contributed by atoms with Crippen molar-refractivity contribution in [2.45, 2.75) is 24.0 Å². The summed E-state index contributed by atoms with van der Waals surface area (Å²) in [6.45, 7) is -0.480. The molecule has 0 spiro atoms. The summed E-state index contributed by atoms with van der Waals surface area (Å²) in [6.07, 6.45) is -3.71. The Morgan fingerprint density at radius 3 is 2.36 bits per heavy atom. The molecule has 0 fully saturated rings. The molecule has 1 aliphatic heterocycles. The van der Waals surface area contributed by atoms with Gasteiger partial charge in [0.25, 0.3) is 0 Å². The number of benzene rings is 2. The van der Waals surface area contributed by atoms with Gasteiger partial charge in [0.1, 0.15) is 5.75 Å². The second kappa shape index (κ2) is 8.27. The molecule has 0 saturated heterocycles. The number of nitrogens with one attached hydrogen (secondary N) is 1. The van der Waals surface area contributed by atoms with E-state index in [2.05, 4.69) is 9.46 Å². The lowest BCUT2D eigenvalue weighted by molar-refractivity contribution is -0.153. The van der Waals surface area contributed by atoms with Gasteiger partial charge in [0.15, 0.2) is 18.1 Å². The highest BCUT2D eigenvalue weighted by molar-refractivity contribution is 7.89. The lowest BCUT2D eigenvalue weighted by Crippen LogP contribution is -2.23. The molecule has 2 aromatic carbocycles. The lowest BCUT2D eigenvalue weighted by Gasteiger charge is -2.12. The van der Waals surface area contributed by atoms with Crippen LogP contribution in [0.5, 0.6) is 17.2 Å². The van der Waals surface area contributed by atoms with Gasteiger partial charge in [-0.3, -0.25) is 0 Å². The van der Waals surface area contributed by atoms with Gasteiger partial charge in [-0.25, -0.2) is 13.1 Å². The molecular formula is C18H18F3NO5S. The van der Waals surface area contributed by atoms with E-state index in [0.717, 1.165) is 0 Å². The molecule has 0 unspecified atom stereocenters. The highest BCUT2D eigenvalue weighted by Crippen LogP contribution is 2.31. The quantitative estimate of drug-likeness (QED) is 0.781. The predicted octanol–water partition coefficient (Wildman–Crippen LogP) is 3.27. The molecule has 0 radical (unpaired) electrons. The molecule has 28 heavy (non-hydrogen) atoms. The Hall–Kier alpha value is -2.46. The summed E-state index contributed by atoms with van der Waals surface area (Å²) in [4.78, 5) is 0.0295. The largest absolute Gasteiger partial charge is 0.490 e. The van der Waals surface area contributed by atoms with Crippen LogP contribution in [0.25, 0.3) is 0 Å². The summed E-state index contributed by atoms with van der Waals surface area (Å²) >= 11 is 0. The Morgan fingerprint density at radius 2 is 1.68 bits per heavy atom. The van der Waals surface area contributed by atoms with E-state index in [-0.39, 0.29) is 17.2 Å². The monoisotopic (exact) mass is 417 g/mol. The molecule has 1 N–H and O–H groups in total. The molecule has 10 heteroatoms. The standard InChI is InChI=1S/C18H18F3NO5S/c19-18(20,21)12-27-14-4-2-13(3-5-14)11-22-28(23,24)15-6-7-16-17(10-15)26-9-1-8-25-16/h2-7,10,22H,1,8-9,11-12H2. The summed E-state index contributed by atoms with van der Waals surface area (Å²) in [5.41, 5.74) is 0.567. The molecule has 0 aliphatic carbocycles. The fraction of sp³-hybridized carbons (Fsp3) is 0.333. The Kier molecular flexibility index (Phi) is 5.99. The van der Waals surface area contributed by atoms with E-state index in [0.29, 0.717) is 36.7 Å². The van der Waals surface area contributed by atoms with Crippen molar-refractivity contribution in [3.8, 4) is 17.2 Å². The first-order valence-corrected chi connectivity index (χ1v) is 9.89. The zero-order valence-corrected chi connectivity index (χ0v) is 15.5. The van der Waals surface area contributed by atoms with Crippen LogP contribution in [0.2, 0.25) is 0 Å². The number of rotatable bonds is 6. The van der Waals surface area contributed by atoms with Crippen molar-refractivity contribution < 1.29 is 35.8 Å². The molecule has 152 valence electrons. The van der Waals surface area contributed by atoms with Crippen LogP contribution in [0.3, 0.4) is 0 Å². The number of sulfonamides is 1. The minimum atomic E-state index is -4.42. The van der Waals surface area contributed by atoms with E-state index in [4.69, 9.17) is 9.47 Å². The fourth-order valence-corrected chi connectivity index (χ4v) is 3.47. The van der Waals surface area contributed by atoms with Crippen molar-refractivity contribution in [3.63, 3.8) is 0 Å². The second-order valence-corrected chi connectivity index (χ2v) is 7.80. The summed E-state index contributed by atoms with van der Waals surface area (Å²) in [5.74, 6) is 0.907. The second-order valence-electron chi connectivity index (χ2n) is 6.03. The summed E-state index contributed by atoms with van der Waals surface area (Å²) in [7, 11) is -3.81. The summed E-state index contributed by atoms with van der Waals surface area (Å²) in [5, 5.41) is 0. The average molecular weight is 417 g/mol. The third-order valence-corrected chi connectivity index (χ3v) is 5.22. The highest BCUT2D eigenvalue weighted by atomic mass is 32.2. The van der Waals surface area contributed by atoms with Gasteiger partial charge in [-0.05, 0) is 29.8 Å². The first kappa shape index (κ1) is 20.3. The van der Waals surface area contributed by atoms with Gasteiger partial charge in [-0.2, -0.15) is 13.2 Å². The topological polar surface area (TPSA) is 73.9 Å². The SMILES string of the molecule is O=S(=O)(NCc1ccc(OCC(F)(F)F)cc1)c1ccc2c(c1)OCCCO2. The predicted molar refractivity (Wildman–Crippen MR) is 94.1 cm³/mol. The zero-order valence-electron chi connectivity index (χ0n) is 14.7. The molecule has 6 nitrogen and oxygen atoms in total. The highest BCUT2D eigenvalue weighted by Gasteiger charge is 2.28. The molecule has 1 aliphatic rings. The van der Waals surface area contributed by atoms with Gasteiger partial charge in [-0.1, -0.05) is 12.1 Å². The molecule has 1 heterocycles. The van der Waals surface area contributed by atoms with E-state index in [1.807, 2.05) is 0 Å². The van der Waals surface area contributed by atoms with Crippen molar-refractivity contribution in [1.82, 2.24) is 4.72 Å². The van der Waals surface area contributed by atoms with Gasteiger partial charge in [-0.15, -0.1) is 0 Å². The van der Waals surface area contributed by atoms with Crippen molar-refractivity contribution in [2.24, 2.45) is 0 Å². The number of hydrogen-bond acceptors (Lipinski definition) is 5. The Labute approximate surface area is 160 Å². The van der Waals surface area contributed by atoms with Crippen LogP contribution in [-0.2, 0) is 16.6 Å². The lowest BCUT2D eigenvalue weighted by atomic mass is 10.2. The van der Waals surface area contributed by atoms with E-state index >= 15 is 0 Å². The molecular weight excluding hydrogens is 399 g/mol. The molecule has 0 aromatic heterocycles. The third kappa shape index (κ3) is 5.52. The molecule has 0 saturated carbocycles. The van der Waals surface area contributed by atoms with Crippen molar-refractivity contribution in [3.05, 3.63) is 48.0 Å². The Morgan fingerprint density at radius 1 is 1.00 bits per heavy atom. The van der Waals surface area contributed by atoms with Gasteiger partial charge in [0.05, 0.1) is 18.1 Å². The van der Waals surface area contributed by atoms with Crippen LogP contribution in [0.4, 0.5) is 13.2 Å². The van der Waals surface area contributed by atoms with E-state index < -0.39 is 22.8 Å². The normalized spacial score (nSPS) is 14.4. The molecule has 2 aromatic rings. The van der Waals surface area contributed by atoms with Crippen LogP contribution in [-0.4, -0.2) is 34.4 Å². The Balaban J connectivity index is 1.63. The van der Waals surface area contributed by atoms with Crippen molar-refractivity contribution >= 4 is 10.0 Å². The smallest absolute Gasteiger partial charge is 0.422 e. The number of ether oxygens (including phenoxy) is 3. The first-order chi connectivity index (χ1) is 13.2. The third-order valence-electron chi connectivity index (χ3n) is 3.82. The molecule has 0 atom stereocenters. The first-order valence-electron chi connectivity index (χ1n) is 8.41. The number of fused-ring (bicyclic) bond motifs is 1. The van der Waals surface area contributed by atoms with Gasteiger partial charge < -0.3 is 14.2 Å². The Bertz CT molecular complexity index is 914. The molecule has 0 bridgehead atoms. The number of alkyl halides is 3. The van der Waals surface area contributed by atoms with Crippen LogP contribution < -0.4 is 18.9 Å². The van der Waals surface area contributed by atoms with E-state index in [1.54, 1.807) is 6.07 Å². The average Bonchev–Trinajstić information content (AvgIpc) is 2.90. The maximum Gasteiger partial charge on any atom is 0.422 e. The maximum absolute atomic E-state index is 12.5. The van der Waals surface area contributed by atoms with Crippen LogP contribution in [0.1, 0.15) is 12.0 Å².